The minimum absolute atomic E-state index is 0.0223. The second-order valence-electron chi connectivity index (χ2n) is 9.71. The van der Waals surface area contributed by atoms with Crippen molar-refractivity contribution in [3.8, 4) is 0 Å². The van der Waals surface area contributed by atoms with Crippen LogP contribution in [0.1, 0.15) is 34.1 Å². The zero-order chi connectivity index (χ0) is 23.7. The number of carbonyl (C=O) groups excluding carboxylic acids is 4. The van der Waals surface area contributed by atoms with E-state index in [1.54, 1.807) is 49.4 Å². The molecule has 2 saturated carbocycles. The summed E-state index contributed by atoms with van der Waals surface area (Å²) in [5, 5.41) is 2.51. The minimum atomic E-state index is -1.06. The standard InChI is InChI=1S/C27H23ClN2O4/c1-14(24(31)15-5-3-2-4-6-15)29(25(32)16-7-9-17(28)10-8-16)30-26(33)22-18-11-12-19(21-13-20(18)21)23(22)27(30)34/h2-12,14,18-23H,13H2,1H3/t14-,18+,19+,20-,21+,22-,23-/m1/s1. The molecule has 34 heavy (non-hydrogen) atoms. The maximum Gasteiger partial charge on any atom is 0.273 e. The van der Waals surface area contributed by atoms with E-state index in [9.17, 15) is 19.2 Å². The lowest BCUT2D eigenvalue weighted by Gasteiger charge is -2.37. The molecule has 1 heterocycles. The zero-order valence-electron chi connectivity index (χ0n) is 18.5. The smallest absolute Gasteiger partial charge is 0.273 e. The van der Waals surface area contributed by atoms with Crippen molar-refractivity contribution in [2.75, 3.05) is 0 Å². The van der Waals surface area contributed by atoms with Crippen molar-refractivity contribution in [1.29, 1.82) is 0 Å². The molecule has 3 amide bonds. The van der Waals surface area contributed by atoms with Gasteiger partial charge in [0.05, 0.1) is 11.8 Å². The number of hydrogen-bond donors (Lipinski definition) is 0. The van der Waals surface area contributed by atoms with Gasteiger partial charge in [-0.05, 0) is 61.3 Å². The predicted octanol–water partition coefficient (Wildman–Crippen LogP) is 4.02. The highest BCUT2D eigenvalue weighted by Gasteiger charge is 2.68. The van der Waals surface area contributed by atoms with E-state index >= 15 is 0 Å². The Morgan fingerprint density at radius 3 is 2.00 bits per heavy atom. The van der Waals surface area contributed by atoms with Gasteiger partial charge in [0.15, 0.2) is 5.78 Å². The van der Waals surface area contributed by atoms with Gasteiger partial charge in [-0.25, -0.2) is 5.01 Å². The van der Waals surface area contributed by atoms with Crippen molar-refractivity contribution in [2.45, 2.75) is 19.4 Å². The first-order chi connectivity index (χ1) is 16.4. The number of nitrogens with zero attached hydrogens (tertiary/aromatic N) is 2. The molecule has 2 aromatic rings. The number of rotatable bonds is 5. The fraction of sp³-hybridized carbons (Fsp3) is 0.333. The molecule has 4 aliphatic carbocycles. The Kier molecular flexibility index (Phi) is 4.78. The summed E-state index contributed by atoms with van der Waals surface area (Å²) in [5.41, 5.74) is 0.653. The van der Waals surface area contributed by atoms with Crippen LogP contribution in [0.3, 0.4) is 0 Å². The van der Waals surface area contributed by atoms with E-state index in [1.165, 1.54) is 12.1 Å². The minimum Gasteiger partial charge on any atom is -0.292 e. The first-order valence-corrected chi connectivity index (χ1v) is 12.0. The Labute approximate surface area is 202 Å². The van der Waals surface area contributed by atoms with Crippen molar-refractivity contribution in [2.24, 2.45) is 35.5 Å². The lowest BCUT2D eigenvalue weighted by Crippen LogP contribution is -2.56. The van der Waals surface area contributed by atoms with E-state index in [1.807, 2.05) is 0 Å². The molecule has 2 bridgehead atoms. The number of amides is 3. The summed E-state index contributed by atoms with van der Waals surface area (Å²) in [6.07, 6.45) is 5.21. The highest BCUT2D eigenvalue weighted by Crippen LogP contribution is 2.65. The maximum atomic E-state index is 13.7. The van der Waals surface area contributed by atoms with E-state index in [0.717, 1.165) is 16.4 Å². The fourth-order valence-corrected chi connectivity index (χ4v) is 6.40. The molecular formula is C27H23ClN2O4. The van der Waals surface area contributed by atoms with E-state index in [0.29, 0.717) is 22.4 Å². The zero-order valence-corrected chi connectivity index (χ0v) is 19.3. The second kappa shape index (κ2) is 7.64. The summed E-state index contributed by atoms with van der Waals surface area (Å²) in [6.45, 7) is 1.57. The molecule has 2 aromatic carbocycles. The van der Waals surface area contributed by atoms with Crippen LogP contribution in [0.25, 0.3) is 0 Å². The molecular weight excluding hydrogens is 452 g/mol. The summed E-state index contributed by atoms with van der Waals surface area (Å²) >= 11 is 6.00. The molecule has 172 valence electrons. The van der Waals surface area contributed by atoms with E-state index in [4.69, 9.17) is 11.6 Å². The number of ketones is 1. The highest BCUT2D eigenvalue weighted by molar-refractivity contribution is 6.30. The van der Waals surface area contributed by atoms with Crippen LogP contribution in [0.4, 0.5) is 0 Å². The Balaban J connectivity index is 1.40. The van der Waals surface area contributed by atoms with Crippen LogP contribution < -0.4 is 0 Å². The average Bonchev–Trinajstić information content (AvgIpc) is 3.64. The molecule has 1 saturated heterocycles. The monoisotopic (exact) mass is 474 g/mol. The highest BCUT2D eigenvalue weighted by atomic mass is 35.5. The molecule has 0 N–H and O–H groups in total. The number of Topliss-reactive ketones (excluding diaryl/α,β-unsaturated/α-hetero) is 1. The maximum absolute atomic E-state index is 13.7. The Morgan fingerprint density at radius 1 is 0.882 bits per heavy atom. The number of carbonyl (C=O) groups is 4. The van der Waals surface area contributed by atoms with Crippen LogP contribution in [-0.2, 0) is 9.59 Å². The summed E-state index contributed by atoms with van der Waals surface area (Å²) in [5.74, 6) is -1.70. The van der Waals surface area contributed by atoms with Gasteiger partial charge < -0.3 is 0 Å². The first kappa shape index (κ1) is 21.3. The molecule has 1 aliphatic heterocycles. The van der Waals surface area contributed by atoms with Crippen molar-refractivity contribution in [3.05, 3.63) is 82.9 Å². The number of allylic oxidation sites excluding steroid dienone is 2. The van der Waals surface area contributed by atoms with Crippen LogP contribution >= 0.6 is 11.6 Å². The van der Waals surface area contributed by atoms with Gasteiger partial charge in [0, 0.05) is 16.1 Å². The van der Waals surface area contributed by atoms with Gasteiger partial charge in [-0.2, -0.15) is 5.01 Å². The lowest BCUT2D eigenvalue weighted by atomic mass is 9.63. The molecule has 0 unspecified atom stereocenters. The third kappa shape index (κ3) is 3.01. The number of hydrogen-bond acceptors (Lipinski definition) is 4. The molecule has 7 heteroatoms. The molecule has 5 aliphatic rings. The average molecular weight is 475 g/mol. The quantitative estimate of drug-likeness (QED) is 0.372. The Morgan fingerprint density at radius 2 is 1.44 bits per heavy atom. The SMILES string of the molecule is C[C@H](C(=O)c1ccccc1)N(C(=O)c1ccc(Cl)cc1)N1C(=O)[C@@H]2[C@H]3C=C[C@@H]([C@@H]4C[C@H]34)[C@H]2C1=O. The van der Waals surface area contributed by atoms with Crippen LogP contribution in [0, 0.1) is 35.5 Å². The molecule has 3 fully saturated rings. The second-order valence-corrected chi connectivity index (χ2v) is 10.1. The van der Waals surface area contributed by atoms with Crippen molar-refractivity contribution >= 4 is 35.1 Å². The van der Waals surface area contributed by atoms with E-state index < -0.39 is 23.8 Å². The van der Waals surface area contributed by atoms with Crippen molar-refractivity contribution in [1.82, 2.24) is 10.0 Å². The van der Waals surface area contributed by atoms with E-state index in [2.05, 4.69) is 12.2 Å². The Hall–Kier alpha value is -3.25. The van der Waals surface area contributed by atoms with Crippen LogP contribution in [0.2, 0.25) is 5.02 Å². The topological polar surface area (TPSA) is 74.8 Å². The van der Waals surface area contributed by atoms with Gasteiger partial charge in [-0.1, -0.05) is 54.1 Å². The van der Waals surface area contributed by atoms with Crippen LogP contribution in [-0.4, -0.2) is 39.6 Å². The van der Waals surface area contributed by atoms with Crippen molar-refractivity contribution < 1.29 is 19.2 Å². The van der Waals surface area contributed by atoms with Crippen LogP contribution in [0.15, 0.2) is 66.7 Å². The lowest BCUT2D eigenvalue weighted by molar-refractivity contribution is -0.156. The van der Waals surface area contributed by atoms with Crippen LogP contribution in [0.5, 0.6) is 0 Å². The third-order valence-electron chi connectivity index (χ3n) is 7.96. The molecule has 0 radical (unpaired) electrons. The number of benzene rings is 2. The summed E-state index contributed by atoms with van der Waals surface area (Å²) in [7, 11) is 0. The fourth-order valence-electron chi connectivity index (χ4n) is 6.27. The normalized spacial score (nSPS) is 31.2. The Bertz CT molecular complexity index is 1210. The van der Waals surface area contributed by atoms with Gasteiger partial charge >= 0.3 is 0 Å². The number of halogens is 1. The summed E-state index contributed by atoms with van der Waals surface area (Å²) in [4.78, 5) is 54.6. The molecule has 7 atom stereocenters. The molecule has 0 spiro atoms. The largest absolute Gasteiger partial charge is 0.292 e. The van der Waals surface area contributed by atoms with Gasteiger partial charge in [-0.3, -0.25) is 19.2 Å². The first-order valence-electron chi connectivity index (χ1n) is 11.6. The molecule has 7 rings (SSSR count). The van der Waals surface area contributed by atoms with Gasteiger partial charge in [0.25, 0.3) is 17.7 Å². The van der Waals surface area contributed by atoms with Crippen molar-refractivity contribution in [3.63, 3.8) is 0 Å². The summed E-state index contributed by atoms with van der Waals surface area (Å²) < 4.78 is 0. The van der Waals surface area contributed by atoms with E-state index in [-0.39, 0.29) is 35.0 Å². The third-order valence-corrected chi connectivity index (χ3v) is 8.21. The van der Waals surface area contributed by atoms with Gasteiger partial charge in [0.1, 0.15) is 6.04 Å². The van der Waals surface area contributed by atoms with Gasteiger partial charge in [0.2, 0.25) is 0 Å². The molecule has 0 aromatic heterocycles. The number of hydrazine groups is 1. The predicted molar refractivity (Wildman–Crippen MR) is 124 cm³/mol. The summed E-state index contributed by atoms with van der Waals surface area (Å²) in [6, 6.07) is 13.8. The number of imide groups is 1. The molecule has 6 nitrogen and oxygen atoms in total. The van der Waals surface area contributed by atoms with Gasteiger partial charge in [-0.15, -0.1) is 0 Å².